The summed E-state index contributed by atoms with van der Waals surface area (Å²) in [5.41, 5.74) is 0.526. The maximum absolute atomic E-state index is 13.4. The van der Waals surface area contributed by atoms with E-state index in [0.29, 0.717) is 40.5 Å². The van der Waals surface area contributed by atoms with Crippen LogP contribution in [-0.4, -0.2) is 41.6 Å². The molecule has 4 aliphatic carbocycles. The van der Waals surface area contributed by atoms with E-state index in [1.807, 2.05) is 0 Å². The number of carbonyl (C=O) groups excluding carboxylic acids is 4. The zero-order valence-corrected chi connectivity index (χ0v) is 22.8. The van der Waals surface area contributed by atoms with Crippen LogP contribution in [0.15, 0.2) is 47.4 Å². The molecule has 5 aliphatic rings. The minimum absolute atomic E-state index is 0.153. The Kier molecular flexibility index (Phi) is 6.90. The molecule has 0 radical (unpaired) electrons. The molecule has 0 unspecified atom stereocenters. The van der Waals surface area contributed by atoms with Gasteiger partial charge in [0.15, 0.2) is 11.5 Å². The highest BCUT2D eigenvalue weighted by Gasteiger charge is 2.55. The van der Waals surface area contributed by atoms with Crippen molar-refractivity contribution in [1.82, 2.24) is 4.90 Å². The number of esters is 1. The maximum atomic E-state index is 13.4. The summed E-state index contributed by atoms with van der Waals surface area (Å²) in [7, 11) is 1.48. The van der Waals surface area contributed by atoms with Gasteiger partial charge < -0.3 is 14.8 Å². The number of rotatable bonds is 7. The summed E-state index contributed by atoms with van der Waals surface area (Å²) in [5.74, 6) is 0.725. The van der Waals surface area contributed by atoms with Crippen LogP contribution in [0.4, 0.5) is 14.9 Å². The third kappa shape index (κ3) is 5.12. The van der Waals surface area contributed by atoms with Crippen LogP contribution in [0, 0.1) is 29.0 Å². The van der Waals surface area contributed by atoms with Crippen LogP contribution in [-0.2, 0) is 14.4 Å². The number of methoxy groups -OCH3 is 1. The molecule has 8 nitrogen and oxygen atoms in total. The fourth-order valence-corrected chi connectivity index (χ4v) is 7.93. The smallest absolute Gasteiger partial charge is 0.317 e. The van der Waals surface area contributed by atoms with Crippen LogP contribution in [0.25, 0.3) is 6.08 Å². The number of nitrogens with zero attached hydrogens (tertiary/aromatic N) is 1. The first-order valence-electron chi connectivity index (χ1n) is 13.4. The normalized spacial score (nSPS) is 27.8. The summed E-state index contributed by atoms with van der Waals surface area (Å²) in [6.07, 6.45) is 7.93. The van der Waals surface area contributed by atoms with Gasteiger partial charge >= 0.3 is 5.97 Å². The highest BCUT2D eigenvalue weighted by atomic mass is 32.2. The minimum Gasteiger partial charge on any atom is -0.493 e. The number of benzene rings is 2. The summed E-state index contributed by atoms with van der Waals surface area (Å²) in [6.45, 7) is -0.470. The lowest BCUT2D eigenvalue weighted by atomic mass is 9.49. The molecule has 0 aromatic heterocycles. The summed E-state index contributed by atoms with van der Waals surface area (Å²) < 4.78 is 24.5. The number of thioether (sulfide) groups is 1. The van der Waals surface area contributed by atoms with Crippen molar-refractivity contribution >= 4 is 46.5 Å². The van der Waals surface area contributed by atoms with Crippen molar-refractivity contribution in [3.05, 3.63) is 58.8 Å². The quantitative estimate of drug-likeness (QED) is 0.264. The summed E-state index contributed by atoms with van der Waals surface area (Å²) >= 11 is 0.730. The van der Waals surface area contributed by atoms with Gasteiger partial charge in [0.25, 0.3) is 11.1 Å². The molecule has 1 N–H and O–H groups in total. The Balaban J connectivity index is 1.13. The highest BCUT2D eigenvalue weighted by Crippen LogP contribution is 2.60. The van der Waals surface area contributed by atoms with Gasteiger partial charge in [0.2, 0.25) is 5.91 Å². The third-order valence-electron chi connectivity index (χ3n) is 8.46. The topological polar surface area (TPSA) is 102 Å². The van der Waals surface area contributed by atoms with Crippen molar-refractivity contribution in [3.8, 4) is 11.5 Å². The first-order valence-corrected chi connectivity index (χ1v) is 14.2. The molecule has 0 spiro atoms. The van der Waals surface area contributed by atoms with Gasteiger partial charge in [-0.1, -0.05) is 6.07 Å². The predicted octanol–water partition coefficient (Wildman–Crippen LogP) is 5.63. The van der Waals surface area contributed by atoms with Crippen LogP contribution >= 0.6 is 11.8 Å². The zero-order valence-electron chi connectivity index (χ0n) is 22.0. The van der Waals surface area contributed by atoms with Gasteiger partial charge in [0.1, 0.15) is 12.4 Å². The Morgan fingerprint density at radius 2 is 1.68 bits per heavy atom. The fraction of sp³-hybridized carbons (Fsp3) is 0.400. The van der Waals surface area contributed by atoms with Crippen LogP contribution in [0.2, 0.25) is 0 Å². The monoisotopic (exact) mass is 564 g/mol. The van der Waals surface area contributed by atoms with Crippen molar-refractivity contribution in [2.24, 2.45) is 23.2 Å². The number of hydrogen-bond donors (Lipinski definition) is 1. The van der Waals surface area contributed by atoms with Gasteiger partial charge in [-0.05, 0) is 116 Å². The second-order valence-corrected chi connectivity index (χ2v) is 12.3. The van der Waals surface area contributed by atoms with Gasteiger partial charge in [0.05, 0.1) is 17.4 Å². The number of halogens is 1. The second kappa shape index (κ2) is 10.4. The summed E-state index contributed by atoms with van der Waals surface area (Å²) in [5, 5.41) is 1.97. The Labute approximate surface area is 235 Å². The van der Waals surface area contributed by atoms with Crippen LogP contribution < -0.4 is 14.8 Å². The molecule has 5 fully saturated rings. The van der Waals surface area contributed by atoms with Gasteiger partial charge in [0, 0.05) is 5.69 Å². The Bertz CT molecular complexity index is 1390. The molecule has 4 saturated carbocycles. The van der Waals surface area contributed by atoms with Crippen molar-refractivity contribution in [2.75, 3.05) is 19.0 Å². The standard InChI is InChI=1S/C30H29FN2O6S/c1-38-24-11-17(2-7-23(24)39-28(36)30-13-18-8-19(14-30)10-20(9-18)15-30)12-25-27(35)33(29(37)40-25)16-26(34)32-22-5-3-21(31)4-6-22/h2-7,11-12,18-20H,8-10,13-16H2,1H3,(H,32,34)/b25-12-. The lowest BCUT2D eigenvalue weighted by Gasteiger charge is -2.55. The van der Waals surface area contributed by atoms with Crippen LogP contribution in [0.5, 0.6) is 11.5 Å². The van der Waals surface area contributed by atoms with Crippen molar-refractivity contribution in [1.29, 1.82) is 0 Å². The molecule has 1 aliphatic heterocycles. The minimum atomic E-state index is -0.597. The second-order valence-electron chi connectivity index (χ2n) is 11.3. The molecule has 2 aromatic carbocycles. The number of nitrogens with one attached hydrogen (secondary N) is 1. The van der Waals surface area contributed by atoms with E-state index in [2.05, 4.69) is 5.32 Å². The molecule has 40 heavy (non-hydrogen) atoms. The van der Waals surface area contributed by atoms with Gasteiger partial charge in [-0.25, -0.2) is 4.39 Å². The fourth-order valence-electron chi connectivity index (χ4n) is 7.09. The van der Waals surface area contributed by atoms with E-state index in [4.69, 9.17) is 9.47 Å². The lowest BCUT2D eigenvalue weighted by molar-refractivity contribution is -0.161. The van der Waals surface area contributed by atoms with E-state index in [1.54, 1.807) is 18.2 Å². The molecule has 208 valence electrons. The van der Waals surface area contributed by atoms with Crippen LogP contribution in [0.3, 0.4) is 0 Å². The molecule has 7 rings (SSSR count). The number of hydrogen-bond acceptors (Lipinski definition) is 7. The molecule has 3 amide bonds. The average Bonchev–Trinajstić information content (AvgIpc) is 3.17. The van der Waals surface area contributed by atoms with Gasteiger partial charge in [-0.2, -0.15) is 0 Å². The molecule has 0 atom stereocenters. The van der Waals surface area contributed by atoms with Gasteiger partial charge in [-0.15, -0.1) is 0 Å². The van der Waals surface area contributed by atoms with E-state index in [9.17, 15) is 23.6 Å². The van der Waals surface area contributed by atoms with E-state index in [1.165, 1.54) is 56.7 Å². The van der Waals surface area contributed by atoms with E-state index < -0.39 is 34.8 Å². The third-order valence-corrected chi connectivity index (χ3v) is 9.37. The first kappa shape index (κ1) is 26.6. The Hall–Kier alpha value is -3.66. The maximum Gasteiger partial charge on any atom is 0.317 e. The molecule has 1 heterocycles. The van der Waals surface area contributed by atoms with E-state index in [0.717, 1.165) is 35.9 Å². The number of anilines is 1. The SMILES string of the molecule is COc1cc(/C=C2\SC(=O)N(CC(=O)Nc3ccc(F)cc3)C2=O)ccc1OC(=O)C12CC3CC(CC(C3)C1)C2. The molecular weight excluding hydrogens is 535 g/mol. The molecule has 1 saturated heterocycles. The van der Waals surface area contributed by atoms with E-state index in [-0.39, 0.29) is 10.9 Å². The molecule has 4 bridgehead atoms. The molecular formula is C30H29FN2O6S. The average molecular weight is 565 g/mol. The molecule has 2 aromatic rings. The van der Waals surface area contributed by atoms with Crippen LogP contribution in [0.1, 0.15) is 44.1 Å². The van der Waals surface area contributed by atoms with E-state index >= 15 is 0 Å². The number of amides is 3. The predicted molar refractivity (Wildman–Crippen MR) is 147 cm³/mol. The highest BCUT2D eigenvalue weighted by molar-refractivity contribution is 8.18. The Morgan fingerprint density at radius 3 is 2.30 bits per heavy atom. The zero-order chi connectivity index (χ0) is 28.0. The Morgan fingerprint density at radius 1 is 1.02 bits per heavy atom. The number of ether oxygens (including phenoxy) is 2. The number of imide groups is 1. The van der Waals surface area contributed by atoms with Crippen molar-refractivity contribution in [2.45, 2.75) is 38.5 Å². The summed E-state index contributed by atoms with van der Waals surface area (Å²) in [4.78, 5) is 52.2. The van der Waals surface area contributed by atoms with Gasteiger partial charge in [-0.3, -0.25) is 24.1 Å². The number of carbonyl (C=O) groups is 4. The largest absolute Gasteiger partial charge is 0.493 e. The first-order chi connectivity index (χ1) is 19.2. The van der Waals surface area contributed by atoms with Crippen molar-refractivity contribution < 1.29 is 33.0 Å². The summed E-state index contributed by atoms with van der Waals surface area (Å²) in [6, 6.07) is 10.2. The van der Waals surface area contributed by atoms with Crippen molar-refractivity contribution in [3.63, 3.8) is 0 Å². The lowest BCUT2D eigenvalue weighted by Crippen LogP contribution is -2.51. The molecule has 10 heteroatoms.